The lowest BCUT2D eigenvalue weighted by molar-refractivity contribution is -0.118. The van der Waals surface area contributed by atoms with Gasteiger partial charge in [-0.25, -0.2) is 0 Å². The number of methoxy groups -OCH3 is 2. The number of hydrogen-bond donors (Lipinski definition) is 2. The first-order valence-electron chi connectivity index (χ1n) is 7.99. The smallest absolute Gasteiger partial charge is 0.226 e. The molecule has 0 aliphatic carbocycles. The summed E-state index contributed by atoms with van der Waals surface area (Å²) < 4.78 is 10.5. The summed E-state index contributed by atoms with van der Waals surface area (Å²) in [5, 5.41) is 6.76. The van der Waals surface area contributed by atoms with Crippen molar-refractivity contribution in [3.05, 3.63) is 47.0 Å². The van der Waals surface area contributed by atoms with Crippen LogP contribution in [0.4, 0.5) is 11.4 Å². The molecule has 25 heavy (non-hydrogen) atoms. The highest BCUT2D eigenvalue weighted by molar-refractivity contribution is 6.31. The summed E-state index contributed by atoms with van der Waals surface area (Å²) >= 11 is 6.29. The maximum atomic E-state index is 11.7. The van der Waals surface area contributed by atoms with Gasteiger partial charge in [-0.05, 0) is 35.9 Å². The first kappa shape index (κ1) is 18.9. The van der Waals surface area contributed by atoms with Gasteiger partial charge in [0.05, 0.1) is 14.2 Å². The number of nitrogens with one attached hydrogen (secondary N) is 2. The number of anilines is 2. The van der Waals surface area contributed by atoms with Crippen molar-refractivity contribution < 1.29 is 14.3 Å². The van der Waals surface area contributed by atoms with E-state index >= 15 is 0 Å². The number of amides is 1. The summed E-state index contributed by atoms with van der Waals surface area (Å²) in [5.41, 5.74) is 2.60. The molecule has 2 aromatic rings. The average molecular weight is 363 g/mol. The van der Waals surface area contributed by atoms with E-state index in [1.54, 1.807) is 20.3 Å². The Morgan fingerprint density at radius 1 is 1.04 bits per heavy atom. The largest absolute Gasteiger partial charge is 0.493 e. The minimum Gasteiger partial charge on any atom is -0.493 e. The number of hydrogen-bond acceptors (Lipinski definition) is 4. The van der Waals surface area contributed by atoms with E-state index in [0.29, 0.717) is 23.1 Å². The Labute approximate surface area is 153 Å². The lowest BCUT2D eigenvalue weighted by Crippen LogP contribution is -2.17. The Hall–Kier alpha value is -2.40. The molecule has 2 N–H and O–H groups in total. The average Bonchev–Trinajstić information content (AvgIpc) is 2.61. The standard InChI is InChI=1S/C19H23ClN2O3/c1-12(2)19(23)22-15-7-5-14(6-8-15)21-11-13-9-17(24-3)18(25-4)10-16(13)20/h5-10,12,21H,11H2,1-4H3,(H,22,23). The van der Waals surface area contributed by atoms with Crippen LogP contribution >= 0.6 is 11.6 Å². The van der Waals surface area contributed by atoms with Gasteiger partial charge in [0.15, 0.2) is 11.5 Å². The second-order valence-corrected chi connectivity index (χ2v) is 6.28. The summed E-state index contributed by atoms with van der Waals surface area (Å²) in [6.45, 7) is 4.26. The van der Waals surface area contributed by atoms with Crippen molar-refractivity contribution in [1.82, 2.24) is 0 Å². The van der Waals surface area contributed by atoms with Crippen molar-refractivity contribution in [3.8, 4) is 11.5 Å². The second-order valence-electron chi connectivity index (χ2n) is 5.87. The van der Waals surface area contributed by atoms with Crippen molar-refractivity contribution in [1.29, 1.82) is 0 Å². The van der Waals surface area contributed by atoms with E-state index in [2.05, 4.69) is 10.6 Å². The molecule has 2 aromatic carbocycles. The molecule has 0 aliphatic heterocycles. The van der Waals surface area contributed by atoms with Crippen molar-refractivity contribution in [2.24, 2.45) is 5.92 Å². The van der Waals surface area contributed by atoms with Crippen LogP contribution in [-0.2, 0) is 11.3 Å². The van der Waals surface area contributed by atoms with Crippen LogP contribution in [0.5, 0.6) is 11.5 Å². The van der Waals surface area contributed by atoms with E-state index in [1.807, 2.05) is 44.2 Å². The third-order valence-electron chi connectivity index (χ3n) is 3.71. The minimum absolute atomic E-state index is 0.00202. The molecule has 134 valence electrons. The molecule has 0 saturated carbocycles. The number of rotatable bonds is 7. The molecule has 0 bridgehead atoms. The fourth-order valence-corrected chi connectivity index (χ4v) is 2.41. The van der Waals surface area contributed by atoms with E-state index < -0.39 is 0 Å². The fourth-order valence-electron chi connectivity index (χ4n) is 2.19. The second kappa shape index (κ2) is 8.62. The summed E-state index contributed by atoms with van der Waals surface area (Å²) in [5.74, 6) is 1.18. The Kier molecular flexibility index (Phi) is 6.53. The predicted octanol–water partition coefficient (Wildman–Crippen LogP) is 4.56. The van der Waals surface area contributed by atoms with Gasteiger partial charge in [-0.3, -0.25) is 4.79 Å². The third kappa shape index (κ3) is 5.03. The molecule has 0 spiro atoms. The Morgan fingerprint density at radius 2 is 1.60 bits per heavy atom. The van der Waals surface area contributed by atoms with Crippen LogP contribution in [0.3, 0.4) is 0 Å². The topological polar surface area (TPSA) is 59.6 Å². The minimum atomic E-state index is -0.0509. The lowest BCUT2D eigenvalue weighted by atomic mass is 10.2. The Balaban J connectivity index is 2.03. The highest BCUT2D eigenvalue weighted by Crippen LogP contribution is 2.33. The molecule has 1 amide bonds. The monoisotopic (exact) mass is 362 g/mol. The van der Waals surface area contributed by atoms with Crippen LogP contribution in [-0.4, -0.2) is 20.1 Å². The number of ether oxygens (including phenoxy) is 2. The zero-order valence-corrected chi connectivity index (χ0v) is 15.6. The highest BCUT2D eigenvalue weighted by Gasteiger charge is 2.10. The van der Waals surface area contributed by atoms with Gasteiger partial charge < -0.3 is 20.1 Å². The van der Waals surface area contributed by atoms with E-state index in [9.17, 15) is 4.79 Å². The van der Waals surface area contributed by atoms with Crippen LogP contribution in [0.1, 0.15) is 19.4 Å². The van der Waals surface area contributed by atoms with E-state index in [0.717, 1.165) is 16.9 Å². The van der Waals surface area contributed by atoms with Crippen molar-refractivity contribution in [2.75, 3.05) is 24.9 Å². The summed E-state index contributed by atoms with van der Waals surface area (Å²) in [7, 11) is 3.17. The van der Waals surface area contributed by atoms with Crippen LogP contribution in [0.2, 0.25) is 5.02 Å². The molecule has 0 atom stereocenters. The fraction of sp³-hybridized carbons (Fsp3) is 0.316. The molecule has 0 saturated heterocycles. The molecule has 6 heteroatoms. The van der Waals surface area contributed by atoms with Crippen molar-refractivity contribution >= 4 is 28.9 Å². The van der Waals surface area contributed by atoms with Gasteiger partial charge in [0.25, 0.3) is 0 Å². The molecule has 0 aliphatic rings. The molecule has 5 nitrogen and oxygen atoms in total. The number of carbonyl (C=O) groups excluding carboxylic acids is 1. The first-order valence-corrected chi connectivity index (χ1v) is 8.37. The van der Waals surface area contributed by atoms with Gasteiger partial charge in [0.2, 0.25) is 5.91 Å². The Morgan fingerprint density at radius 3 is 2.16 bits per heavy atom. The molecular weight excluding hydrogens is 340 g/mol. The SMILES string of the molecule is COc1cc(Cl)c(CNc2ccc(NC(=O)C(C)C)cc2)cc1OC. The van der Waals surface area contributed by atoms with E-state index in [1.165, 1.54) is 0 Å². The maximum absolute atomic E-state index is 11.7. The third-order valence-corrected chi connectivity index (χ3v) is 4.06. The normalized spacial score (nSPS) is 10.5. The van der Waals surface area contributed by atoms with Gasteiger partial charge in [-0.15, -0.1) is 0 Å². The summed E-state index contributed by atoms with van der Waals surface area (Å²) in [6, 6.07) is 11.1. The molecule has 2 rings (SSSR count). The zero-order chi connectivity index (χ0) is 18.4. The molecule has 0 aromatic heterocycles. The lowest BCUT2D eigenvalue weighted by Gasteiger charge is -2.13. The van der Waals surface area contributed by atoms with Crippen LogP contribution in [0.15, 0.2) is 36.4 Å². The maximum Gasteiger partial charge on any atom is 0.226 e. The molecular formula is C19H23ClN2O3. The van der Waals surface area contributed by atoms with Gasteiger partial charge in [-0.1, -0.05) is 25.4 Å². The van der Waals surface area contributed by atoms with Gasteiger partial charge in [0, 0.05) is 34.9 Å². The summed E-state index contributed by atoms with van der Waals surface area (Å²) in [6.07, 6.45) is 0. The van der Waals surface area contributed by atoms with Crippen LogP contribution in [0, 0.1) is 5.92 Å². The molecule has 0 radical (unpaired) electrons. The highest BCUT2D eigenvalue weighted by atomic mass is 35.5. The quantitative estimate of drug-likeness (QED) is 0.757. The van der Waals surface area contributed by atoms with Gasteiger partial charge >= 0.3 is 0 Å². The van der Waals surface area contributed by atoms with Crippen molar-refractivity contribution in [3.63, 3.8) is 0 Å². The Bertz CT molecular complexity index is 730. The van der Waals surface area contributed by atoms with Gasteiger partial charge in [-0.2, -0.15) is 0 Å². The molecule has 0 heterocycles. The van der Waals surface area contributed by atoms with E-state index in [-0.39, 0.29) is 11.8 Å². The molecule has 0 fully saturated rings. The number of benzene rings is 2. The predicted molar refractivity (Wildman–Crippen MR) is 102 cm³/mol. The van der Waals surface area contributed by atoms with Crippen molar-refractivity contribution in [2.45, 2.75) is 20.4 Å². The van der Waals surface area contributed by atoms with Crippen LogP contribution in [0.25, 0.3) is 0 Å². The van der Waals surface area contributed by atoms with E-state index in [4.69, 9.17) is 21.1 Å². The molecule has 0 unspecified atom stereocenters. The number of halogens is 1. The number of carbonyl (C=O) groups is 1. The van der Waals surface area contributed by atoms with Crippen LogP contribution < -0.4 is 20.1 Å². The summed E-state index contributed by atoms with van der Waals surface area (Å²) in [4.78, 5) is 11.7. The zero-order valence-electron chi connectivity index (χ0n) is 14.9. The first-order chi connectivity index (χ1) is 11.9. The van der Waals surface area contributed by atoms with Gasteiger partial charge in [0.1, 0.15) is 0 Å².